The van der Waals surface area contributed by atoms with Crippen molar-refractivity contribution in [2.45, 2.75) is 38.8 Å². The average molecular weight is 321 g/mol. The van der Waals surface area contributed by atoms with Crippen molar-refractivity contribution in [3.05, 3.63) is 70.8 Å². The second-order valence-corrected chi connectivity index (χ2v) is 6.02. The van der Waals surface area contributed by atoms with E-state index >= 15 is 0 Å². The first-order valence-corrected chi connectivity index (χ1v) is 7.97. The van der Waals surface area contributed by atoms with Crippen LogP contribution in [0.5, 0.6) is 0 Å². The Labute approximate surface area is 141 Å². The van der Waals surface area contributed by atoms with E-state index in [-0.39, 0.29) is 24.3 Å². The number of nitrogens with zero attached hydrogens (tertiary/aromatic N) is 1. The summed E-state index contributed by atoms with van der Waals surface area (Å²) in [5.74, 6) is -0.158. The van der Waals surface area contributed by atoms with E-state index in [1.54, 1.807) is 19.1 Å². The molecule has 1 saturated heterocycles. The van der Waals surface area contributed by atoms with Gasteiger partial charge in [-0.25, -0.2) is 0 Å². The lowest BCUT2D eigenvalue weighted by Crippen LogP contribution is -2.31. The second kappa shape index (κ2) is 6.96. The Bertz CT molecular complexity index is 770. The van der Waals surface area contributed by atoms with Crippen LogP contribution in [0.4, 0.5) is 0 Å². The van der Waals surface area contributed by atoms with Crippen molar-refractivity contribution in [3.63, 3.8) is 0 Å². The van der Waals surface area contributed by atoms with Crippen LogP contribution in [0.1, 0.15) is 48.3 Å². The molecule has 1 atom stereocenters. The van der Waals surface area contributed by atoms with E-state index in [1.807, 2.05) is 43.3 Å². The Morgan fingerprint density at radius 3 is 2.50 bits per heavy atom. The van der Waals surface area contributed by atoms with Crippen LogP contribution in [-0.2, 0) is 20.7 Å². The fraction of sp³-hybridized carbons (Fsp3) is 0.300. The number of nitriles is 1. The van der Waals surface area contributed by atoms with Crippen LogP contribution in [0.15, 0.2) is 48.5 Å². The first-order chi connectivity index (χ1) is 11.6. The van der Waals surface area contributed by atoms with Crippen molar-refractivity contribution >= 4 is 5.78 Å². The van der Waals surface area contributed by atoms with E-state index in [9.17, 15) is 4.79 Å². The highest BCUT2D eigenvalue weighted by atomic mass is 16.9. The highest BCUT2D eigenvalue weighted by Gasteiger charge is 2.28. The first-order valence-electron chi connectivity index (χ1n) is 7.97. The third kappa shape index (κ3) is 3.53. The van der Waals surface area contributed by atoms with E-state index in [1.165, 1.54) is 0 Å². The first kappa shape index (κ1) is 16.4. The van der Waals surface area contributed by atoms with Gasteiger partial charge in [-0.1, -0.05) is 36.4 Å². The van der Waals surface area contributed by atoms with Gasteiger partial charge in [0.15, 0.2) is 12.6 Å². The smallest absolute Gasteiger partial charge is 0.189 e. The lowest BCUT2D eigenvalue weighted by Gasteiger charge is -2.33. The van der Waals surface area contributed by atoms with Gasteiger partial charge in [-0.15, -0.1) is 0 Å². The maximum absolute atomic E-state index is 12.1. The van der Waals surface area contributed by atoms with Crippen molar-refractivity contribution in [2.75, 3.05) is 0 Å². The zero-order chi connectivity index (χ0) is 17.1. The molecule has 1 aliphatic rings. The number of ether oxygens (including phenoxy) is 2. The SMILES string of the molecule is CC(=O)C(Cc1ccc(C2OC(C)O2)cc1)c1cccc(C#N)c1. The molecule has 2 aromatic rings. The van der Waals surface area contributed by atoms with Crippen molar-refractivity contribution in [3.8, 4) is 6.07 Å². The van der Waals surface area contributed by atoms with Gasteiger partial charge >= 0.3 is 0 Å². The molecule has 0 spiro atoms. The van der Waals surface area contributed by atoms with Crippen molar-refractivity contribution in [1.29, 1.82) is 5.26 Å². The molecule has 0 aliphatic carbocycles. The number of hydrogen-bond donors (Lipinski definition) is 0. The van der Waals surface area contributed by atoms with Gasteiger partial charge in [0.05, 0.1) is 11.6 Å². The highest BCUT2D eigenvalue weighted by Crippen LogP contribution is 2.32. The molecule has 0 N–H and O–H groups in total. The minimum absolute atomic E-state index is 0.0913. The van der Waals surface area contributed by atoms with Crippen LogP contribution in [0.25, 0.3) is 0 Å². The Morgan fingerprint density at radius 2 is 1.92 bits per heavy atom. The topological polar surface area (TPSA) is 59.3 Å². The van der Waals surface area contributed by atoms with Gasteiger partial charge < -0.3 is 9.47 Å². The Balaban J connectivity index is 1.76. The summed E-state index contributed by atoms with van der Waals surface area (Å²) in [5, 5.41) is 9.04. The van der Waals surface area contributed by atoms with Crippen LogP contribution in [-0.4, -0.2) is 12.1 Å². The standard InChI is InChI=1S/C20H19NO3/c1-13(22)19(18-5-3-4-16(10-18)12-21)11-15-6-8-17(9-7-15)20-23-14(2)24-20/h3-10,14,19-20H,11H2,1-2H3. The summed E-state index contributed by atoms with van der Waals surface area (Å²) in [6.45, 7) is 3.45. The molecule has 0 amide bonds. The minimum Gasteiger partial charge on any atom is -0.320 e. The molecule has 1 fully saturated rings. The third-order valence-corrected chi connectivity index (χ3v) is 4.23. The lowest BCUT2D eigenvalue weighted by atomic mass is 9.88. The van der Waals surface area contributed by atoms with Gasteiger partial charge in [0.1, 0.15) is 5.78 Å². The second-order valence-electron chi connectivity index (χ2n) is 6.02. The average Bonchev–Trinajstić information content (AvgIpc) is 2.57. The van der Waals surface area contributed by atoms with E-state index < -0.39 is 0 Å². The quantitative estimate of drug-likeness (QED) is 0.839. The van der Waals surface area contributed by atoms with Crippen LogP contribution < -0.4 is 0 Å². The van der Waals surface area contributed by atoms with Crippen molar-refractivity contribution in [1.82, 2.24) is 0 Å². The Hall–Kier alpha value is -2.48. The monoisotopic (exact) mass is 321 g/mol. The molecule has 0 radical (unpaired) electrons. The predicted octanol–water partition coefficient (Wildman–Crippen LogP) is 3.86. The fourth-order valence-electron chi connectivity index (χ4n) is 2.88. The minimum atomic E-state index is -0.287. The molecule has 0 saturated carbocycles. The summed E-state index contributed by atoms with van der Waals surface area (Å²) in [5.41, 5.74) is 3.49. The summed E-state index contributed by atoms with van der Waals surface area (Å²) in [4.78, 5) is 12.1. The lowest BCUT2D eigenvalue weighted by molar-refractivity contribution is -0.382. The van der Waals surface area contributed by atoms with Crippen LogP contribution >= 0.6 is 0 Å². The fourth-order valence-corrected chi connectivity index (χ4v) is 2.88. The highest BCUT2D eigenvalue weighted by molar-refractivity contribution is 5.83. The molecular weight excluding hydrogens is 302 g/mol. The van der Waals surface area contributed by atoms with Gasteiger partial charge in [0, 0.05) is 11.5 Å². The summed E-state index contributed by atoms with van der Waals surface area (Å²) < 4.78 is 10.9. The Morgan fingerprint density at radius 1 is 1.21 bits per heavy atom. The van der Waals surface area contributed by atoms with Gasteiger partial charge in [0.25, 0.3) is 0 Å². The number of hydrogen-bond acceptors (Lipinski definition) is 4. The molecule has 4 heteroatoms. The zero-order valence-electron chi connectivity index (χ0n) is 13.7. The van der Waals surface area contributed by atoms with E-state index in [0.717, 1.165) is 16.7 Å². The summed E-state index contributed by atoms with van der Waals surface area (Å²) >= 11 is 0. The maximum atomic E-state index is 12.1. The van der Waals surface area contributed by atoms with E-state index in [2.05, 4.69) is 6.07 Å². The van der Waals surface area contributed by atoms with Gasteiger partial charge in [0.2, 0.25) is 0 Å². The summed E-state index contributed by atoms with van der Waals surface area (Å²) in [6.07, 6.45) is 0.168. The zero-order valence-corrected chi connectivity index (χ0v) is 13.7. The Kier molecular flexibility index (Phi) is 4.75. The molecular formula is C20H19NO3. The van der Waals surface area contributed by atoms with E-state index in [0.29, 0.717) is 12.0 Å². The molecule has 1 unspecified atom stereocenters. The van der Waals surface area contributed by atoms with Gasteiger partial charge in [-0.2, -0.15) is 5.26 Å². The number of rotatable bonds is 5. The summed E-state index contributed by atoms with van der Waals surface area (Å²) in [6, 6.07) is 17.3. The molecule has 1 heterocycles. The third-order valence-electron chi connectivity index (χ3n) is 4.23. The molecule has 24 heavy (non-hydrogen) atoms. The normalized spacial score (nSPS) is 20.7. The van der Waals surface area contributed by atoms with Crippen molar-refractivity contribution < 1.29 is 14.3 Å². The van der Waals surface area contributed by atoms with Crippen molar-refractivity contribution in [2.24, 2.45) is 0 Å². The maximum Gasteiger partial charge on any atom is 0.189 e. The molecule has 2 aromatic carbocycles. The van der Waals surface area contributed by atoms with Crippen LogP contribution in [0.2, 0.25) is 0 Å². The largest absolute Gasteiger partial charge is 0.320 e. The molecule has 4 nitrogen and oxygen atoms in total. The van der Waals surface area contributed by atoms with E-state index in [4.69, 9.17) is 14.7 Å². The number of carbonyl (C=O) groups is 1. The van der Waals surface area contributed by atoms with Gasteiger partial charge in [-0.05, 0) is 43.5 Å². The van der Waals surface area contributed by atoms with Crippen LogP contribution in [0, 0.1) is 11.3 Å². The number of benzene rings is 2. The predicted molar refractivity (Wildman–Crippen MR) is 89.1 cm³/mol. The summed E-state index contributed by atoms with van der Waals surface area (Å²) in [7, 11) is 0. The molecule has 0 bridgehead atoms. The number of carbonyl (C=O) groups excluding carboxylic acids is 1. The molecule has 1 aliphatic heterocycles. The number of ketones is 1. The number of Topliss-reactive ketones (excluding diaryl/α,β-unsaturated/α-hetero) is 1. The molecule has 122 valence electrons. The molecule has 3 rings (SSSR count). The van der Waals surface area contributed by atoms with Gasteiger partial charge in [-0.3, -0.25) is 4.79 Å². The van der Waals surface area contributed by atoms with Crippen LogP contribution in [0.3, 0.4) is 0 Å². The molecule has 0 aromatic heterocycles.